The van der Waals surface area contributed by atoms with Crippen molar-refractivity contribution >= 4 is 5.95 Å². The van der Waals surface area contributed by atoms with Gasteiger partial charge in [0.2, 0.25) is 5.95 Å². The van der Waals surface area contributed by atoms with Gasteiger partial charge in [-0.3, -0.25) is 4.90 Å². The van der Waals surface area contributed by atoms with Crippen molar-refractivity contribution < 1.29 is 0 Å². The van der Waals surface area contributed by atoms with Crippen molar-refractivity contribution in [3.63, 3.8) is 0 Å². The Morgan fingerprint density at radius 3 is 2.41 bits per heavy atom. The van der Waals surface area contributed by atoms with Crippen molar-refractivity contribution in [2.45, 2.75) is 26.3 Å². The number of hydrogen-bond donors (Lipinski definition) is 0. The average Bonchev–Trinajstić information content (AvgIpc) is 2.98. The zero-order valence-electron chi connectivity index (χ0n) is 13.2. The van der Waals surface area contributed by atoms with Crippen LogP contribution in [0.4, 0.5) is 5.95 Å². The topological polar surface area (TPSA) is 50.1 Å². The van der Waals surface area contributed by atoms with Gasteiger partial charge in [0.05, 0.1) is 6.33 Å². The fourth-order valence-electron chi connectivity index (χ4n) is 2.86. The molecule has 0 N–H and O–H groups in total. The number of aryl methyl sites for hydroxylation is 2. The first kappa shape index (κ1) is 15.0. The van der Waals surface area contributed by atoms with Gasteiger partial charge in [0, 0.05) is 57.0 Å². The second kappa shape index (κ2) is 7.35. The number of unbranched alkanes of at least 4 members (excludes halogenated alkanes) is 1. The molecule has 2 aromatic rings. The normalized spacial score (nSPS) is 16.1. The molecule has 1 aliphatic rings. The molecule has 3 heterocycles. The molecule has 0 saturated carbocycles. The maximum Gasteiger partial charge on any atom is 0.225 e. The molecule has 22 heavy (non-hydrogen) atoms. The Labute approximate surface area is 131 Å². The Kier molecular flexibility index (Phi) is 5.00. The minimum atomic E-state index is 0.859. The van der Waals surface area contributed by atoms with E-state index in [9.17, 15) is 0 Å². The van der Waals surface area contributed by atoms with Crippen molar-refractivity contribution in [3.05, 3.63) is 36.7 Å². The quantitative estimate of drug-likeness (QED) is 0.758. The lowest BCUT2D eigenvalue weighted by Gasteiger charge is -2.34. The van der Waals surface area contributed by atoms with Gasteiger partial charge in [-0.25, -0.2) is 15.0 Å². The summed E-state index contributed by atoms with van der Waals surface area (Å²) in [5.74, 6) is 0.859. The molecule has 0 atom stereocenters. The molecule has 0 aliphatic carbocycles. The molecule has 0 aromatic carbocycles. The minimum absolute atomic E-state index is 0.859. The number of hydrogen-bond acceptors (Lipinski definition) is 5. The Bertz CT molecular complexity index is 559. The summed E-state index contributed by atoms with van der Waals surface area (Å²) in [6.45, 7) is 8.60. The van der Waals surface area contributed by atoms with E-state index in [2.05, 4.69) is 36.2 Å². The Hall–Kier alpha value is -1.95. The SMILES string of the molecule is Cc1cncn1CCCCN1CCN(c2ncccn2)CC1. The number of nitrogens with zero attached hydrogens (tertiary/aromatic N) is 6. The zero-order chi connectivity index (χ0) is 15.2. The standard InChI is InChI=1S/C16H24N6/c1-15-13-17-14-22(15)8-3-2-7-20-9-11-21(12-10-20)16-18-5-4-6-19-16/h4-6,13-14H,2-3,7-12H2,1H3. The molecule has 1 fully saturated rings. The van der Waals surface area contributed by atoms with Crippen LogP contribution in [0, 0.1) is 6.92 Å². The number of aromatic nitrogens is 4. The van der Waals surface area contributed by atoms with E-state index in [4.69, 9.17) is 0 Å². The number of rotatable bonds is 6. The van der Waals surface area contributed by atoms with Gasteiger partial charge < -0.3 is 9.47 Å². The third-order valence-electron chi connectivity index (χ3n) is 4.25. The van der Waals surface area contributed by atoms with Crippen molar-refractivity contribution in [1.82, 2.24) is 24.4 Å². The van der Waals surface area contributed by atoms with E-state index in [1.54, 1.807) is 0 Å². The molecule has 0 amide bonds. The van der Waals surface area contributed by atoms with Crippen molar-refractivity contribution in [2.75, 3.05) is 37.6 Å². The number of piperazine rings is 1. The molecular weight excluding hydrogens is 276 g/mol. The molecule has 118 valence electrons. The van der Waals surface area contributed by atoms with Gasteiger partial charge in [-0.1, -0.05) is 0 Å². The second-order valence-electron chi connectivity index (χ2n) is 5.81. The number of imidazole rings is 1. The largest absolute Gasteiger partial charge is 0.338 e. The molecule has 0 spiro atoms. The number of anilines is 1. The summed E-state index contributed by atoms with van der Waals surface area (Å²) in [5, 5.41) is 0. The summed E-state index contributed by atoms with van der Waals surface area (Å²) in [7, 11) is 0. The van der Waals surface area contributed by atoms with Crippen LogP contribution in [-0.4, -0.2) is 57.1 Å². The average molecular weight is 300 g/mol. The van der Waals surface area contributed by atoms with E-state index >= 15 is 0 Å². The van der Waals surface area contributed by atoms with E-state index in [1.807, 2.05) is 31.0 Å². The summed E-state index contributed by atoms with van der Waals surface area (Å²) >= 11 is 0. The monoisotopic (exact) mass is 300 g/mol. The predicted octanol–water partition coefficient (Wildman–Crippen LogP) is 1.58. The fourth-order valence-corrected chi connectivity index (χ4v) is 2.86. The highest BCUT2D eigenvalue weighted by atomic mass is 15.3. The summed E-state index contributed by atoms with van der Waals surface area (Å²) in [5.41, 5.74) is 1.25. The highest BCUT2D eigenvalue weighted by Crippen LogP contribution is 2.10. The van der Waals surface area contributed by atoms with E-state index in [-0.39, 0.29) is 0 Å². The summed E-state index contributed by atoms with van der Waals surface area (Å²) in [4.78, 5) is 17.6. The molecule has 1 saturated heterocycles. The van der Waals surface area contributed by atoms with Crippen LogP contribution in [-0.2, 0) is 6.54 Å². The first-order valence-electron chi connectivity index (χ1n) is 8.04. The predicted molar refractivity (Wildman–Crippen MR) is 86.9 cm³/mol. The Balaban J connectivity index is 1.35. The summed E-state index contributed by atoms with van der Waals surface area (Å²) < 4.78 is 2.23. The van der Waals surface area contributed by atoms with Crippen LogP contribution >= 0.6 is 0 Å². The van der Waals surface area contributed by atoms with Gasteiger partial charge in [-0.05, 0) is 32.4 Å². The van der Waals surface area contributed by atoms with Crippen LogP contribution in [0.1, 0.15) is 18.5 Å². The van der Waals surface area contributed by atoms with Crippen LogP contribution < -0.4 is 4.90 Å². The van der Waals surface area contributed by atoms with Gasteiger partial charge in [0.1, 0.15) is 0 Å². The Morgan fingerprint density at radius 2 is 1.73 bits per heavy atom. The maximum atomic E-state index is 4.33. The lowest BCUT2D eigenvalue weighted by Crippen LogP contribution is -2.47. The molecule has 1 aliphatic heterocycles. The molecule has 2 aromatic heterocycles. The molecule has 6 heteroatoms. The lowest BCUT2D eigenvalue weighted by molar-refractivity contribution is 0.250. The first-order valence-corrected chi connectivity index (χ1v) is 8.04. The fraction of sp³-hybridized carbons (Fsp3) is 0.562. The molecule has 6 nitrogen and oxygen atoms in total. The van der Waals surface area contributed by atoms with Crippen LogP contribution in [0.15, 0.2) is 31.0 Å². The van der Waals surface area contributed by atoms with Gasteiger partial charge >= 0.3 is 0 Å². The second-order valence-corrected chi connectivity index (χ2v) is 5.81. The summed E-state index contributed by atoms with van der Waals surface area (Å²) in [6.07, 6.45) is 9.91. The zero-order valence-corrected chi connectivity index (χ0v) is 13.2. The minimum Gasteiger partial charge on any atom is -0.338 e. The van der Waals surface area contributed by atoms with Crippen LogP contribution in [0.2, 0.25) is 0 Å². The third kappa shape index (κ3) is 3.82. The van der Waals surface area contributed by atoms with Gasteiger partial charge in [-0.15, -0.1) is 0 Å². The van der Waals surface area contributed by atoms with E-state index in [1.165, 1.54) is 25.1 Å². The molecule has 3 rings (SSSR count). The van der Waals surface area contributed by atoms with Gasteiger partial charge in [0.25, 0.3) is 0 Å². The molecule has 0 bridgehead atoms. The highest BCUT2D eigenvalue weighted by Gasteiger charge is 2.17. The lowest BCUT2D eigenvalue weighted by atomic mass is 10.2. The molecular formula is C16H24N6. The third-order valence-corrected chi connectivity index (χ3v) is 4.25. The maximum absolute atomic E-state index is 4.33. The highest BCUT2D eigenvalue weighted by molar-refractivity contribution is 5.29. The molecule has 0 radical (unpaired) electrons. The summed E-state index contributed by atoms with van der Waals surface area (Å²) in [6, 6.07) is 1.86. The van der Waals surface area contributed by atoms with Crippen LogP contribution in [0.5, 0.6) is 0 Å². The van der Waals surface area contributed by atoms with Gasteiger partial charge in [0.15, 0.2) is 0 Å². The first-order chi connectivity index (χ1) is 10.8. The molecule has 0 unspecified atom stereocenters. The van der Waals surface area contributed by atoms with Gasteiger partial charge in [-0.2, -0.15) is 0 Å². The van der Waals surface area contributed by atoms with E-state index < -0.39 is 0 Å². The van der Waals surface area contributed by atoms with Crippen LogP contribution in [0.3, 0.4) is 0 Å². The van der Waals surface area contributed by atoms with Crippen molar-refractivity contribution in [2.24, 2.45) is 0 Å². The Morgan fingerprint density at radius 1 is 1.00 bits per heavy atom. The van der Waals surface area contributed by atoms with E-state index in [0.29, 0.717) is 0 Å². The van der Waals surface area contributed by atoms with Crippen molar-refractivity contribution in [1.29, 1.82) is 0 Å². The van der Waals surface area contributed by atoms with Crippen LogP contribution in [0.25, 0.3) is 0 Å². The van der Waals surface area contributed by atoms with Crippen molar-refractivity contribution in [3.8, 4) is 0 Å². The van der Waals surface area contributed by atoms with E-state index in [0.717, 1.165) is 38.7 Å². The smallest absolute Gasteiger partial charge is 0.225 e.